The van der Waals surface area contributed by atoms with Crippen molar-refractivity contribution >= 4 is 21.6 Å². The van der Waals surface area contributed by atoms with Gasteiger partial charge in [0.1, 0.15) is 5.75 Å². The summed E-state index contributed by atoms with van der Waals surface area (Å²) in [5.74, 6) is -1.76. The summed E-state index contributed by atoms with van der Waals surface area (Å²) in [6, 6.07) is 0. The van der Waals surface area contributed by atoms with Gasteiger partial charge < -0.3 is 0 Å². The van der Waals surface area contributed by atoms with Crippen molar-refractivity contribution in [2.45, 2.75) is 17.6 Å². The number of hydrogen-bond donors (Lipinski definition) is 0. The van der Waals surface area contributed by atoms with E-state index < -0.39 is 44.9 Å². The third kappa shape index (κ3) is 5.13. The quantitative estimate of drug-likeness (QED) is 0.557. The van der Waals surface area contributed by atoms with Gasteiger partial charge in [0.15, 0.2) is 0 Å². The summed E-state index contributed by atoms with van der Waals surface area (Å²) >= 11 is 0. The molecule has 0 aromatic heterocycles. The van der Waals surface area contributed by atoms with Crippen molar-refractivity contribution in [2.75, 3.05) is 5.75 Å². The van der Waals surface area contributed by atoms with E-state index in [4.69, 9.17) is 0 Å². The second kappa shape index (κ2) is 4.33. The molecule has 0 aliphatic carbocycles. The minimum absolute atomic E-state index is 0.584. The average molecular weight is 266 g/mol. The van der Waals surface area contributed by atoms with Crippen LogP contribution in [0.2, 0.25) is 0 Å². The van der Waals surface area contributed by atoms with E-state index in [1.165, 1.54) is 0 Å². The van der Waals surface area contributed by atoms with E-state index in [1.54, 1.807) is 0 Å². The molecule has 0 fully saturated rings. The Morgan fingerprint density at radius 1 is 0.786 bits per heavy atom. The van der Waals surface area contributed by atoms with Crippen LogP contribution in [-0.2, 0) is 0 Å². The average Bonchev–Trinajstić information content (AvgIpc) is 1.80. The van der Waals surface area contributed by atoms with Crippen LogP contribution in [0.4, 0.5) is 35.1 Å². The molecule has 0 aromatic rings. The highest BCUT2D eigenvalue weighted by Gasteiger charge is 2.58. The second-order valence-electron chi connectivity index (χ2n) is 1.98. The van der Waals surface area contributed by atoms with Gasteiger partial charge in [-0.2, -0.15) is 35.1 Å². The molecule has 0 atom stereocenters. The van der Waals surface area contributed by atoms with Gasteiger partial charge in [-0.15, -0.1) is 0 Å². The van der Waals surface area contributed by atoms with Gasteiger partial charge in [-0.1, -0.05) is 10.8 Å². The van der Waals surface area contributed by atoms with E-state index in [9.17, 15) is 35.1 Å². The SMILES string of the molecule is FC(F)(F)CSSC(F)(F)C(F)(F)F. The molecular formula is C4H2F8S2. The first-order chi connectivity index (χ1) is 5.96. The molecule has 0 saturated carbocycles. The highest BCUT2D eigenvalue weighted by Crippen LogP contribution is 2.50. The first-order valence-electron chi connectivity index (χ1n) is 2.77. The van der Waals surface area contributed by atoms with Crippen LogP contribution in [0, 0.1) is 0 Å². The molecule has 0 rings (SSSR count). The van der Waals surface area contributed by atoms with Crippen molar-refractivity contribution in [2.24, 2.45) is 0 Å². The van der Waals surface area contributed by atoms with Crippen molar-refractivity contribution in [3.63, 3.8) is 0 Å². The van der Waals surface area contributed by atoms with E-state index >= 15 is 0 Å². The van der Waals surface area contributed by atoms with Crippen LogP contribution in [0.1, 0.15) is 0 Å². The van der Waals surface area contributed by atoms with Crippen molar-refractivity contribution in [3.8, 4) is 0 Å². The van der Waals surface area contributed by atoms with Gasteiger partial charge >= 0.3 is 17.6 Å². The molecule has 0 saturated heterocycles. The minimum Gasteiger partial charge on any atom is -0.183 e. The van der Waals surface area contributed by atoms with Crippen LogP contribution in [-0.4, -0.2) is 23.4 Å². The molecule has 0 amide bonds. The van der Waals surface area contributed by atoms with E-state index in [-0.39, 0.29) is 0 Å². The van der Waals surface area contributed by atoms with Gasteiger partial charge in [-0.3, -0.25) is 0 Å². The molecule has 0 bridgehead atoms. The Morgan fingerprint density at radius 3 is 1.50 bits per heavy atom. The molecule has 0 N–H and O–H groups in total. The summed E-state index contributed by atoms with van der Waals surface area (Å²) in [5.41, 5.74) is 0. The lowest BCUT2D eigenvalue weighted by atomic mass is 10.7. The predicted molar refractivity (Wildman–Crippen MR) is 37.1 cm³/mol. The van der Waals surface area contributed by atoms with Gasteiger partial charge in [0.05, 0.1) is 0 Å². The first kappa shape index (κ1) is 14.1. The topological polar surface area (TPSA) is 0 Å². The normalized spacial score (nSPS) is 14.6. The summed E-state index contributed by atoms with van der Waals surface area (Å²) in [6.07, 6.45) is -10.6. The van der Waals surface area contributed by atoms with Crippen molar-refractivity contribution in [1.82, 2.24) is 0 Å². The lowest BCUT2D eigenvalue weighted by molar-refractivity contribution is -0.237. The Balaban J connectivity index is 4.02. The molecule has 14 heavy (non-hydrogen) atoms. The van der Waals surface area contributed by atoms with Crippen LogP contribution < -0.4 is 0 Å². The molecule has 0 aliphatic heterocycles. The maximum atomic E-state index is 12.0. The van der Waals surface area contributed by atoms with E-state index in [0.29, 0.717) is 0 Å². The standard InChI is InChI=1S/C4H2F8S2/c5-2(6,7)1-13-14-4(11,12)3(8,9)10/h1H2. The number of halogens is 8. The van der Waals surface area contributed by atoms with Crippen LogP contribution in [0.5, 0.6) is 0 Å². The monoisotopic (exact) mass is 266 g/mol. The smallest absolute Gasteiger partial charge is 0.183 e. The van der Waals surface area contributed by atoms with E-state index in [0.717, 1.165) is 0 Å². The second-order valence-corrected chi connectivity index (χ2v) is 4.39. The first-order valence-corrected chi connectivity index (χ1v) is 5.09. The third-order valence-electron chi connectivity index (χ3n) is 0.716. The Kier molecular flexibility index (Phi) is 4.38. The molecule has 0 radical (unpaired) electrons. The van der Waals surface area contributed by atoms with Gasteiger partial charge in [-0.25, -0.2) is 0 Å². The molecule has 0 spiro atoms. The maximum absolute atomic E-state index is 12.0. The number of hydrogen-bond acceptors (Lipinski definition) is 2. The third-order valence-corrected chi connectivity index (χ3v) is 3.06. The number of alkyl halides is 8. The lowest BCUT2D eigenvalue weighted by Crippen LogP contribution is -2.32. The highest BCUT2D eigenvalue weighted by atomic mass is 33.1. The van der Waals surface area contributed by atoms with Crippen molar-refractivity contribution in [1.29, 1.82) is 0 Å². The number of rotatable bonds is 3. The summed E-state index contributed by atoms with van der Waals surface area (Å²) < 4.78 is 92.2. The largest absolute Gasteiger partial charge is 0.464 e. The fourth-order valence-corrected chi connectivity index (χ4v) is 1.96. The Hall–Kier alpha value is 0.140. The zero-order chi connectivity index (χ0) is 11.6. The molecule has 0 aliphatic rings. The molecule has 0 nitrogen and oxygen atoms in total. The van der Waals surface area contributed by atoms with Gasteiger partial charge in [0, 0.05) is 0 Å². The van der Waals surface area contributed by atoms with Crippen molar-refractivity contribution in [3.05, 3.63) is 0 Å². The van der Waals surface area contributed by atoms with Gasteiger partial charge in [-0.05, 0) is 10.8 Å². The molecule has 10 heteroatoms. The molecular weight excluding hydrogens is 264 g/mol. The summed E-state index contributed by atoms with van der Waals surface area (Å²) in [5, 5.41) is -5.16. The van der Waals surface area contributed by atoms with Crippen LogP contribution >= 0.6 is 21.6 Å². The summed E-state index contributed by atoms with van der Waals surface area (Å²) in [7, 11) is -1.73. The van der Waals surface area contributed by atoms with Crippen molar-refractivity contribution < 1.29 is 35.1 Å². The zero-order valence-electron chi connectivity index (χ0n) is 6.05. The van der Waals surface area contributed by atoms with E-state index in [1.807, 2.05) is 0 Å². The summed E-state index contributed by atoms with van der Waals surface area (Å²) in [4.78, 5) is 0. The predicted octanol–water partition coefficient (Wildman–Crippen LogP) is 4.09. The van der Waals surface area contributed by atoms with Crippen LogP contribution in [0.25, 0.3) is 0 Å². The van der Waals surface area contributed by atoms with Gasteiger partial charge in [0.25, 0.3) is 0 Å². The highest BCUT2D eigenvalue weighted by molar-refractivity contribution is 8.77. The fourth-order valence-electron chi connectivity index (χ4n) is 0.218. The van der Waals surface area contributed by atoms with Gasteiger partial charge in [0.2, 0.25) is 0 Å². The molecule has 86 valence electrons. The lowest BCUT2D eigenvalue weighted by Gasteiger charge is -2.17. The van der Waals surface area contributed by atoms with E-state index in [2.05, 4.69) is 0 Å². The fraction of sp³-hybridized carbons (Fsp3) is 1.00. The molecule has 0 heterocycles. The minimum atomic E-state index is -5.84. The maximum Gasteiger partial charge on any atom is 0.464 e. The Bertz CT molecular complexity index is 181. The molecule has 0 unspecified atom stereocenters. The van der Waals surface area contributed by atoms with Crippen LogP contribution in [0.15, 0.2) is 0 Å². The molecule has 0 aromatic carbocycles. The summed E-state index contributed by atoms with van der Waals surface area (Å²) in [6.45, 7) is 0. The Morgan fingerprint density at radius 2 is 1.21 bits per heavy atom. The van der Waals surface area contributed by atoms with Crippen LogP contribution in [0.3, 0.4) is 0 Å². The zero-order valence-corrected chi connectivity index (χ0v) is 7.68. The Labute approximate surface area is 80.8 Å².